The lowest BCUT2D eigenvalue weighted by molar-refractivity contribution is -0.202. The number of allylic oxidation sites excluding steroid dienone is 1. The summed E-state index contributed by atoms with van der Waals surface area (Å²) < 4.78 is 11.1. The Kier molecular flexibility index (Phi) is 4.57. The number of hydrogen-bond acceptors (Lipinski definition) is 4. The van der Waals surface area contributed by atoms with Gasteiger partial charge in [0, 0.05) is 18.3 Å². The third-order valence-electron chi connectivity index (χ3n) is 9.89. The van der Waals surface area contributed by atoms with Crippen LogP contribution < -0.4 is 0 Å². The Labute approximate surface area is 169 Å². The van der Waals surface area contributed by atoms with Crippen LogP contribution in [0.4, 0.5) is 0 Å². The average Bonchev–Trinajstić information content (AvgIpc) is 3.27. The van der Waals surface area contributed by atoms with Crippen LogP contribution in [0.15, 0.2) is 12.2 Å². The Bertz CT molecular complexity index is 668. The highest BCUT2D eigenvalue weighted by molar-refractivity contribution is 5.79. The van der Waals surface area contributed by atoms with Crippen LogP contribution in [-0.4, -0.2) is 36.0 Å². The van der Waals surface area contributed by atoms with Gasteiger partial charge in [0.1, 0.15) is 5.78 Å². The van der Waals surface area contributed by atoms with E-state index < -0.39 is 5.60 Å². The van der Waals surface area contributed by atoms with Crippen LogP contribution in [0.5, 0.6) is 0 Å². The van der Waals surface area contributed by atoms with Gasteiger partial charge in [-0.25, -0.2) is 0 Å². The van der Waals surface area contributed by atoms with Crippen LogP contribution in [-0.2, 0) is 14.3 Å². The van der Waals surface area contributed by atoms with E-state index in [4.69, 9.17) is 9.47 Å². The Morgan fingerprint density at radius 3 is 2.54 bits per heavy atom. The van der Waals surface area contributed by atoms with Crippen molar-refractivity contribution in [2.45, 2.75) is 83.5 Å². The molecular formula is C24H36O4. The summed E-state index contributed by atoms with van der Waals surface area (Å²) >= 11 is 0. The summed E-state index contributed by atoms with van der Waals surface area (Å²) in [5.41, 5.74) is -0.387. The van der Waals surface area contributed by atoms with E-state index in [1.165, 1.54) is 6.42 Å². The van der Waals surface area contributed by atoms with E-state index in [0.717, 1.165) is 51.4 Å². The van der Waals surface area contributed by atoms with Crippen LogP contribution >= 0.6 is 0 Å². The van der Waals surface area contributed by atoms with Crippen LogP contribution in [0.2, 0.25) is 0 Å². The molecule has 0 aromatic heterocycles. The van der Waals surface area contributed by atoms with E-state index in [1.807, 2.05) is 0 Å². The molecule has 4 saturated carbocycles. The topological polar surface area (TPSA) is 55.8 Å². The van der Waals surface area contributed by atoms with Crippen molar-refractivity contribution < 1.29 is 19.4 Å². The van der Waals surface area contributed by atoms with Crippen LogP contribution in [0.25, 0.3) is 0 Å². The number of ether oxygens (including phenoxy) is 2. The molecule has 5 fully saturated rings. The maximum Gasteiger partial charge on any atom is 0.177 e. The van der Waals surface area contributed by atoms with Crippen LogP contribution in [0.3, 0.4) is 0 Å². The molecule has 7 atom stereocenters. The van der Waals surface area contributed by atoms with Crippen molar-refractivity contribution in [2.75, 3.05) is 13.2 Å². The van der Waals surface area contributed by atoms with Gasteiger partial charge in [-0.3, -0.25) is 4.79 Å². The second kappa shape index (κ2) is 6.65. The molecule has 0 aromatic rings. The van der Waals surface area contributed by atoms with Crippen molar-refractivity contribution in [3.05, 3.63) is 12.2 Å². The maximum absolute atomic E-state index is 12.1. The quantitative estimate of drug-likeness (QED) is 0.718. The number of ketones is 1. The van der Waals surface area contributed by atoms with E-state index >= 15 is 0 Å². The third-order valence-corrected chi connectivity index (χ3v) is 9.89. The van der Waals surface area contributed by atoms with Gasteiger partial charge < -0.3 is 14.6 Å². The van der Waals surface area contributed by atoms with Crippen molar-refractivity contribution in [2.24, 2.45) is 34.5 Å². The van der Waals surface area contributed by atoms with Crippen LogP contribution in [0, 0.1) is 34.5 Å². The number of Topliss-reactive ketones (excluding diaryl/α,β-unsaturated/α-hetero) is 1. The van der Waals surface area contributed by atoms with Crippen molar-refractivity contribution in [1.82, 2.24) is 0 Å². The first-order valence-electron chi connectivity index (χ1n) is 11.5. The Morgan fingerprint density at radius 1 is 0.964 bits per heavy atom. The molecule has 28 heavy (non-hydrogen) atoms. The smallest absolute Gasteiger partial charge is 0.177 e. The molecule has 0 bridgehead atoms. The minimum Gasteiger partial charge on any atom is -0.389 e. The van der Waals surface area contributed by atoms with Gasteiger partial charge >= 0.3 is 0 Å². The number of fused-ring (bicyclic) bond motifs is 5. The van der Waals surface area contributed by atoms with E-state index in [1.54, 1.807) is 0 Å². The second-order valence-corrected chi connectivity index (χ2v) is 10.8. The summed E-state index contributed by atoms with van der Waals surface area (Å²) in [7, 11) is 0. The lowest BCUT2D eigenvalue weighted by atomic mass is 9.43. The summed E-state index contributed by atoms with van der Waals surface area (Å²) in [6, 6.07) is 0. The number of carbonyl (C=O) groups excluding carboxylic acids is 1. The maximum atomic E-state index is 12.1. The second-order valence-electron chi connectivity index (χ2n) is 10.8. The zero-order valence-electron chi connectivity index (χ0n) is 17.5. The minimum atomic E-state index is -0.572. The molecule has 4 aliphatic carbocycles. The Morgan fingerprint density at radius 2 is 1.75 bits per heavy atom. The Hall–Kier alpha value is -0.710. The highest BCUT2D eigenvalue weighted by Crippen LogP contribution is 2.68. The molecule has 0 radical (unpaired) electrons. The third kappa shape index (κ3) is 2.63. The van der Waals surface area contributed by atoms with Gasteiger partial charge in [-0.2, -0.15) is 0 Å². The molecule has 156 valence electrons. The molecule has 5 rings (SSSR count). The monoisotopic (exact) mass is 388 g/mol. The summed E-state index contributed by atoms with van der Waals surface area (Å²) in [5, 5.41) is 12.1. The van der Waals surface area contributed by atoms with Crippen molar-refractivity contribution >= 4 is 5.78 Å². The predicted octanol–water partition coefficient (Wildman–Crippen LogP) is 4.26. The first-order valence-corrected chi connectivity index (χ1v) is 11.5. The van der Waals surface area contributed by atoms with E-state index in [-0.39, 0.29) is 17.1 Å². The number of carbonyl (C=O) groups is 1. The highest BCUT2D eigenvalue weighted by Gasteiger charge is 2.66. The molecule has 4 heteroatoms. The van der Waals surface area contributed by atoms with E-state index in [9.17, 15) is 9.90 Å². The zero-order valence-corrected chi connectivity index (χ0v) is 17.5. The van der Waals surface area contributed by atoms with Gasteiger partial charge in [0.05, 0.1) is 18.8 Å². The molecule has 1 N–H and O–H groups in total. The fraction of sp³-hybridized carbons (Fsp3) is 0.875. The van der Waals surface area contributed by atoms with Gasteiger partial charge in [-0.1, -0.05) is 19.9 Å². The summed E-state index contributed by atoms with van der Waals surface area (Å²) in [6.45, 7) is 6.12. The standard InChI is InChI=1S/C24H36O4/c1-22-10-8-18(25)15-17(22)3-5-20-19(22)9-11-23(2)16(7-12-24(20,23)26)4-6-21-27-13-14-28-21/h4,6,16-17,19-21,26H,3,5,7-15H2,1-2H3/b6-4+/t16-,17?,19-,20+,22-,23+,24+/m0/s1. The Balaban J connectivity index is 1.39. The minimum absolute atomic E-state index is 0.0586. The number of aliphatic hydroxyl groups is 1. The van der Waals surface area contributed by atoms with E-state index in [0.29, 0.717) is 42.7 Å². The van der Waals surface area contributed by atoms with Gasteiger partial charge in [-0.15, -0.1) is 0 Å². The fourth-order valence-electron chi connectivity index (χ4n) is 8.07. The molecule has 5 aliphatic rings. The molecule has 1 unspecified atom stereocenters. The highest BCUT2D eigenvalue weighted by atomic mass is 16.7. The predicted molar refractivity (Wildman–Crippen MR) is 107 cm³/mol. The van der Waals surface area contributed by atoms with Gasteiger partial charge in [0.2, 0.25) is 0 Å². The first kappa shape index (κ1) is 19.3. The lowest BCUT2D eigenvalue weighted by Gasteiger charge is -2.63. The molecule has 0 amide bonds. The van der Waals surface area contributed by atoms with Crippen LogP contribution in [0.1, 0.15) is 71.6 Å². The van der Waals surface area contributed by atoms with Crippen molar-refractivity contribution in [1.29, 1.82) is 0 Å². The summed E-state index contributed by atoms with van der Waals surface area (Å²) in [4.78, 5) is 12.1. The zero-order chi connectivity index (χ0) is 19.6. The van der Waals surface area contributed by atoms with Crippen molar-refractivity contribution in [3.8, 4) is 0 Å². The lowest BCUT2D eigenvalue weighted by Crippen LogP contribution is -2.62. The summed E-state index contributed by atoms with van der Waals surface area (Å²) in [5.74, 6) is 2.35. The molecular weight excluding hydrogens is 352 g/mol. The first-order chi connectivity index (χ1) is 13.4. The van der Waals surface area contributed by atoms with Gasteiger partial charge in [0.15, 0.2) is 6.29 Å². The fourth-order valence-corrected chi connectivity index (χ4v) is 8.07. The molecule has 1 aliphatic heterocycles. The molecule has 1 saturated heterocycles. The molecule has 1 heterocycles. The molecule has 0 spiro atoms. The van der Waals surface area contributed by atoms with Gasteiger partial charge in [-0.05, 0) is 80.1 Å². The number of hydrogen-bond donors (Lipinski definition) is 1. The van der Waals surface area contributed by atoms with Crippen molar-refractivity contribution in [3.63, 3.8) is 0 Å². The van der Waals surface area contributed by atoms with Gasteiger partial charge in [0.25, 0.3) is 0 Å². The normalized spacial score (nSPS) is 51.9. The molecule has 0 aromatic carbocycles. The number of rotatable bonds is 2. The summed E-state index contributed by atoms with van der Waals surface area (Å²) in [6.07, 6.45) is 13.2. The molecule has 4 nitrogen and oxygen atoms in total. The van der Waals surface area contributed by atoms with E-state index in [2.05, 4.69) is 26.0 Å². The average molecular weight is 389 g/mol. The largest absolute Gasteiger partial charge is 0.389 e. The SMILES string of the molecule is C[C@]12CCC(=O)CC1CC[C@@H]1[C@@H]2CC[C@]2(C)[C@@H](/C=C/C3OCCO3)CC[C@@]12O.